The summed E-state index contributed by atoms with van der Waals surface area (Å²) >= 11 is 5.33. The molecule has 0 radical (unpaired) electrons. The van der Waals surface area contributed by atoms with Crippen molar-refractivity contribution in [2.45, 2.75) is 44.0 Å². The van der Waals surface area contributed by atoms with Crippen molar-refractivity contribution in [2.75, 3.05) is 5.75 Å². The molecule has 1 rings (SSSR count). The van der Waals surface area contributed by atoms with Crippen LogP contribution >= 0.6 is 27.7 Å². The molecule has 0 bridgehead atoms. The Hall–Kier alpha value is 0.01000. The summed E-state index contributed by atoms with van der Waals surface area (Å²) in [5.74, 6) is 1.75. The zero-order valence-electron chi connectivity index (χ0n) is 10.7. The van der Waals surface area contributed by atoms with E-state index in [0.29, 0.717) is 6.04 Å². The minimum atomic E-state index is 0.306. The van der Waals surface area contributed by atoms with E-state index < -0.39 is 0 Å². The van der Waals surface area contributed by atoms with Crippen molar-refractivity contribution in [2.24, 2.45) is 11.7 Å². The fourth-order valence-electron chi connectivity index (χ4n) is 1.96. The SMILES string of the molecule is CCCC(C)CC(N)CSc1cccc(Br)c1. The Balaban J connectivity index is 2.30. The van der Waals surface area contributed by atoms with Gasteiger partial charge in [0.05, 0.1) is 0 Å². The molecule has 0 saturated carbocycles. The van der Waals surface area contributed by atoms with Gasteiger partial charge in [0, 0.05) is 21.2 Å². The lowest BCUT2D eigenvalue weighted by molar-refractivity contribution is 0.450. The third-order valence-electron chi connectivity index (χ3n) is 2.75. The Morgan fingerprint density at radius 1 is 1.41 bits per heavy atom. The van der Waals surface area contributed by atoms with Crippen LogP contribution in [0.15, 0.2) is 33.6 Å². The molecule has 0 aliphatic heterocycles. The minimum Gasteiger partial charge on any atom is -0.327 e. The van der Waals surface area contributed by atoms with Crippen LogP contribution in [0.3, 0.4) is 0 Å². The number of halogens is 1. The van der Waals surface area contributed by atoms with Crippen molar-refractivity contribution >= 4 is 27.7 Å². The van der Waals surface area contributed by atoms with Crippen molar-refractivity contribution in [3.8, 4) is 0 Å². The van der Waals surface area contributed by atoms with E-state index in [1.165, 1.54) is 17.7 Å². The van der Waals surface area contributed by atoms with Crippen LogP contribution < -0.4 is 5.73 Å². The van der Waals surface area contributed by atoms with Crippen LogP contribution in [0.25, 0.3) is 0 Å². The maximum atomic E-state index is 6.16. The van der Waals surface area contributed by atoms with Gasteiger partial charge in [-0.1, -0.05) is 48.7 Å². The zero-order valence-corrected chi connectivity index (χ0v) is 13.1. The molecule has 2 unspecified atom stereocenters. The molecule has 0 aromatic heterocycles. The molecule has 1 aromatic carbocycles. The predicted molar refractivity (Wildman–Crippen MR) is 81.5 cm³/mol. The van der Waals surface area contributed by atoms with Crippen LogP contribution in [0.5, 0.6) is 0 Å². The lowest BCUT2D eigenvalue weighted by Gasteiger charge is -2.16. The van der Waals surface area contributed by atoms with E-state index in [1.54, 1.807) is 0 Å². The Morgan fingerprint density at radius 2 is 2.18 bits per heavy atom. The third kappa shape index (κ3) is 6.49. The van der Waals surface area contributed by atoms with Gasteiger partial charge in [0.2, 0.25) is 0 Å². The second-order valence-electron chi connectivity index (χ2n) is 4.66. The zero-order chi connectivity index (χ0) is 12.7. The second-order valence-corrected chi connectivity index (χ2v) is 6.67. The van der Waals surface area contributed by atoms with E-state index in [0.717, 1.165) is 22.6 Å². The van der Waals surface area contributed by atoms with Gasteiger partial charge in [-0.25, -0.2) is 0 Å². The van der Waals surface area contributed by atoms with Crippen molar-refractivity contribution in [3.05, 3.63) is 28.7 Å². The molecule has 0 fully saturated rings. The maximum Gasteiger partial charge on any atom is 0.0186 e. The number of rotatable bonds is 7. The second kappa shape index (κ2) is 8.17. The first-order valence-electron chi connectivity index (χ1n) is 6.25. The lowest BCUT2D eigenvalue weighted by atomic mass is 9.99. The fourth-order valence-corrected chi connectivity index (χ4v) is 3.43. The van der Waals surface area contributed by atoms with Gasteiger partial charge in [-0.15, -0.1) is 11.8 Å². The number of nitrogens with two attached hydrogens (primary N) is 1. The largest absolute Gasteiger partial charge is 0.327 e. The Morgan fingerprint density at radius 3 is 2.82 bits per heavy atom. The summed E-state index contributed by atoms with van der Waals surface area (Å²) in [6, 6.07) is 8.70. The molecule has 1 nitrogen and oxygen atoms in total. The molecule has 1 aromatic rings. The highest BCUT2D eigenvalue weighted by atomic mass is 79.9. The molecule has 0 aliphatic carbocycles. The molecule has 0 amide bonds. The molecule has 0 heterocycles. The van der Waals surface area contributed by atoms with Crippen molar-refractivity contribution in [1.29, 1.82) is 0 Å². The van der Waals surface area contributed by atoms with Crippen LogP contribution in [-0.2, 0) is 0 Å². The average molecular weight is 316 g/mol. The van der Waals surface area contributed by atoms with Crippen LogP contribution in [0.2, 0.25) is 0 Å². The first kappa shape index (κ1) is 15.1. The molecule has 0 aliphatic rings. The summed E-state index contributed by atoms with van der Waals surface area (Å²) in [6.45, 7) is 4.53. The summed E-state index contributed by atoms with van der Waals surface area (Å²) in [6.07, 6.45) is 3.68. The Bertz CT molecular complexity index is 330. The number of hydrogen-bond donors (Lipinski definition) is 1. The van der Waals surface area contributed by atoms with Gasteiger partial charge in [0.1, 0.15) is 0 Å². The van der Waals surface area contributed by atoms with Crippen LogP contribution in [0, 0.1) is 5.92 Å². The Kier molecular flexibility index (Phi) is 7.24. The van der Waals surface area contributed by atoms with E-state index in [1.807, 2.05) is 17.8 Å². The average Bonchev–Trinajstić information content (AvgIpc) is 2.27. The summed E-state index contributed by atoms with van der Waals surface area (Å²) in [4.78, 5) is 1.29. The summed E-state index contributed by atoms with van der Waals surface area (Å²) in [5.41, 5.74) is 6.16. The first-order valence-corrected chi connectivity index (χ1v) is 8.03. The Labute approximate surface area is 118 Å². The van der Waals surface area contributed by atoms with E-state index in [9.17, 15) is 0 Å². The van der Waals surface area contributed by atoms with Gasteiger partial charge in [0.25, 0.3) is 0 Å². The molecular formula is C14H22BrNS. The molecule has 17 heavy (non-hydrogen) atoms. The summed E-state index contributed by atoms with van der Waals surface area (Å²) in [5, 5.41) is 0. The third-order valence-corrected chi connectivity index (χ3v) is 4.42. The van der Waals surface area contributed by atoms with Crippen molar-refractivity contribution < 1.29 is 0 Å². The topological polar surface area (TPSA) is 26.0 Å². The molecule has 0 saturated heterocycles. The number of thioether (sulfide) groups is 1. The van der Waals surface area contributed by atoms with E-state index in [2.05, 4.69) is 48.0 Å². The highest BCUT2D eigenvalue weighted by molar-refractivity contribution is 9.10. The molecule has 2 atom stereocenters. The van der Waals surface area contributed by atoms with Crippen molar-refractivity contribution in [1.82, 2.24) is 0 Å². The summed E-state index contributed by atoms with van der Waals surface area (Å²) < 4.78 is 1.13. The van der Waals surface area contributed by atoms with Crippen LogP contribution in [0.4, 0.5) is 0 Å². The van der Waals surface area contributed by atoms with Gasteiger partial charge >= 0.3 is 0 Å². The van der Waals surface area contributed by atoms with Crippen LogP contribution in [-0.4, -0.2) is 11.8 Å². The standard InChI is InChI=1S/C14H22BrNS/c1-3-5-11(2)8-13(16)10-17-14-7-4-6-12(15)9-14/h4,6-7,9,11,13H,3,5,8,10,16H2,1-2H3. The lowest BCUT2D eigenvalue weighted by Crippen LogP contribution is -2.25. The normalized spacial score (nSPS) is 14.6. The predicted octanol–water partition coefficient (Wildman–Crippen LogP) is 4.69. The molecule has 96 valence electrons. The molecule has 2 N–H and O–H groups in total. The number of hydrogen-bond acceptors (Lipinski definition) is 2. The minimum absolute atomic E-state index is 0.306. The fraction of sp³-hybridized carbons (Fsp3) is 0.571. The van der Waals surface area contributed by atoms with Gasteiger partial charge in [0.15, 0.2) is 0 Å². The quantitative estimate of drug-likeness (QED) is 0.738. The molecule has 3 heteroatoms. The van der Waals surface area contributed by atoms with E-state index >= 15 is 0 Å². The van der Waals surface area contributed by atoms with E-state index in [4.69, 9.17) is 5.73 Å². The highest BCUT2D eigenvalue weighted by Gasteiger charge is 2.09. The van der Waals surface area contributed by atoms with Gasteiger partial charge in [-0.3, -0.25) is 0 Å². The van der Waals surface area contributed by atoms with Crippen molar-refractivity contribution in [3.63, 3.8) is 0 Å². The highest BCUT2D eigenvalue weighted by Crippen LogP contribution is 2.23. The summed E-state index contributed by atoms with van der Waals surface area (Å²) in [7, 11) is 0. The molecule has 0 spiro atoms. The maximum absolute atomic E-state index is 6.16. The van der Waals surface area contributed by atoms with Crippen LogP contribution in [0.1, 0.15) is 33.1 Å². The monoisotopic (exact) mass is 315 g/mol. The number of benzene rings is 1. The first-order chi connectivity index (χ1) is 8.11. The van der Waals surface area contributed by atoms with Gasteiger partial charge in [-0.05, 0) is 30.5 Å². The van der Waals surface area contributed by atoms with Gasteiger partial charge < -0.3 is 5.73 Å². The molecular weight excluding hydrogens is 294 g/mol. The smallest absolute Gasteiger partial charge is 0.0186 e. The van der Waals surface area contributed by atoms with Gasteiger partial charge in [-0.2, -0.15) is 0 Å². The van der Waals surface area contributed by atoms with E-state index in [-0.39, 0.29) is 0 Å².